The van der Waals surface area contributed by atoms with Crippen LogP contribution >= 0.6 is 62.0 Å². The van der Waals surface area contributed by atoms with Crippen molar-refractivity contribution in [3.8, 4) is 0 Å². The minimum absolute atomic E-state index is 0. The molecule has 8 nitrogen and oxygen atoms in total. The number of rotatable bonds is 12. The fourth-order valence-electron chi connectivity index (χ4n) is 0.660. The standard InChI is InChI=1S/2C4H9Cl2O4P.Ni/c2*5-1-3-9-11(7,8)10-4-2-6;/h2*1-4H2,(H,7,8);/q;;+2/p-2. The van der Waals surface area contributed by atoms with Crippen molar-refractivity contribution in [2.45, 2.75) is 0 Å². The zero-order valence-electron chi connectivity index (χ0n) is 11.6. The van der Waals surface area contributed by atoms with Crippen LogP contribution in [0.4, 0.5) is 0 Å². The molecular weight excluding hydrogens is 487 g/mol. The van der Waals surface area contributed by atoms with Crippen LogP contribution in [0.2, 0.25) is 0 Å². The first-order valence-corrected chi connectivity index (χ1v) is 10.7. The Labute approximate surface area is 165 Å². The van der Waals surface area contributed by atoms with Crippen LogP contribution in [0.3, 0.4) is 0 Å². The molecular formula is C8H16Cl4NiO8P2. The second-order valence-corrected chi connectivity index (χ2v) is 7.32. The SMILES string of the molecule is O=P([O-])(OCCCl)OCCCl.O=P([O-])(OCCCl)OCCCl.[Ni+2]. The van der Waals surface area contributed by atoms with Gasteiger partial charge in [-0.25, -0.2) is 0 Å². The van der Waals surface area contributed by atoms with Gasteiger partial charge < -0.3 is 27.9 Å². The van der Waals surface area contributed by atoms with Crippen molar-refractivity contribution in [1.82, 2.24) is 0 Å². The topological polar surface area (TPSA) is 117 Å². The first kappa shape index (κ1) is 29.6. The Morgan fingerprint density at radius 1 is 0.609 bits per heavy atom. The number of hydrogen-bond donors (Lipinski definition) is 0. The largest absolute Gasteiger partial charge is 2.00 e. The summed E-state index contributed by atoms with van der Waals surface area (Å²) in [6.45, 7) is -0.315. The van der Waals surface area contributed by atoms with Crippen molar-refractivity contribution in [2.24, 2.45) is 0 Å². The summed E-state index contributed by atoms with van der Waals surface area (Å²) in [5.41, 5.74) is 0. The van der Waals surface area contributed by atoms with Crippen molar-refractivity contribution in [2.75, 3.05) is 49.9 Å². The van der Waals surface area contributed by atoms with E-state index in [9.17, 15) is 18.9 Å². The van der Waals surface area contributed by atoms with Gasteiger partial charge in [0.25, 0.3) is 15.6 Å². The molecule has 0 saturated heterocycles. The van der Waals surface area contributed by atoms with E-state index >= 15 is 0 Å². The Bertz CT molecular complexity index is 298. The van der Waals surface area contributed by atoms with Crippen LogP contribution in [0.1, 0.15) is 0 Å². The van der Waals surface area contributed by atoms with E-state index in [0.29, 0.717) is 0 Å². The zero-order chi connectivity index (χ0) is 17.5. The first-order chi connectivity index (χ1) is 10.2. The Balaban J connectivity index is -0.000000333. The van der Waals surface area contributed by atoms with Crippen LogP contribution < -0.4 is 9.79 Å². The van der Waals surface area contributed by atoms with Gasteiger partial charge in [0.15, 0.2) is 0 Å². The fourth-order valence-corrected chi connectivity index (χ4v) is 2.81. The van der Waals surface area contributed by atoms with Crippen molar-refractivity contribution < 1.29 is 53.5 Å². The molecule has 0 fully saturated rings. The third-order valence-electron chi connectivity index (χ3n) is 1.31. The molecule has 15 heteroatoms. The Hall–Kier alpha value is 1.87. The van der Waals surface area contributed by atoms with Crippen molar-refractivity contribution in [3.05, 3.63) is 0 Å². The zero-order valence-corrected chi connectivity index (χ0v) is 17.4. The number of hydrogen-bond acceptors (Lipinski definition) is 8. The fraction of sp³-hybridized carbons (Fsp3) is 1.00. The Morgan fingerprint density at radius 3 is 0.913 bits per heavy atom. The van der Waals surface area contributed by atoms with E-state index in [1.165, 1.54) is 0 Å². The molecule has 0 aromatic rings. The Morgan fingerprint density at radius 2 is 0.783 bits per heavy atom. The van der Waals surface area contributed by atoms with E-state index < -0.39 is 15.6 Å². The van der Waals surface area contributed by atoms with Crippen LogP contribution in [0.25, 0.3) is 0 Å². The summed E-state index contributed by atoms with van der Waals surface area (Å²) in [5, 5.41) is 0. The van der Waals surface area contributed by atoms with Crippen LogP contribution in [-0.4, -0.2) is 49.9 Å². The van der Waals surface area contributed by atoms with Gasteiger partial charge in [-0.2, -0.15) is 0 Å². The molecule has 0 saturated carbocycles. The quantitative estimate of drug-likeness (QED) is 0.226. The summed E-state index contributed by atoms with van der Waals surface area (Å²) in [4.78, 5) is 21.2. The monoisotopic (exact) mass is 500 g/mol. The summed E-state index contributed by atoms with van der Waals surface area (Å²) in [5.74, 6) is 0.430. The summed E-state index contributed by atoms with van der Waals surface area (Å²) >= 11 is 20.7. The van der Waals surface area contributed by atoms with Gasteiger partial charge in [0.2, 0.25) is 0 Å². The van der Waals surface area contributed by atoms with E-state index in [4.69, 9.17) is 46.4 Å². The summed E-state index contributed by atoms with van der Waals surface area (Å²) in [6.07, 6.45) is 0. The van der Waals surface area contributed by atoms with E-state index in [2.05, 4.69) is 18.1 Å². The molecule has 0 rings (SSSR count). The molecule has 0 N–H and O–H groups in total. The maximum absolute atomic E-state index is 10.6. The van der Waals surface area contributed by atoms with E-state index in [0.717, 1.165) is 0 Å². The number of halogens is 4. The second-order valence-electron chi connectivity index (χ2n) is 2.98. The second kappa shape index (κ2) is 18.7. The third-order valence-corrected chi connectivity index (χ3v) is 3.92. The van der Waals surface area contributed by atoms with Crippen molar-refractivity contribution in [3.63, 3.8) is 0 Å². The van der Waals surface area contributed by atoms with Gasteiger partial charge in [0.05, 0.1) is 26.4 Å². The van der Waals surface area contributed by atoms with Gasteiger partial charge in [0.1, 0.15) is 0 Å². The predicted molar refractivity (Wildman–Crippen MR) is 81.9 cm³/mol. The van der Waals surface area contributed by atoms with Crippen molar-refractivity contribution in [1.29, 1.82) is 0 Å². The van der Waals surface area contributed by atoms with Gasteiger partial charge in [-0.05, 0) is 0 Å². The molecule has 0 unspecified atom stereocenters. The van der Waals surface area contributed by atoms with E-state index in [1.54, 1.807) is 0 Å². The molecule has 0 aliphatic heterocycles. The minimum Gasteiger partial charge on any atom is -0.756 e. The number of phosphoric ester groups is 2. The molecule has 0 aliphatic rings. The van der Waals surface area contributed by atoms with Crippen LogP contribution in [-0.2, 0) is 43.7 Å². The predicted octanol–water partition coefficient (Wildman–Crippen LogP) is 1.93. The average Bonchev–Trinajstić information content (AvgIpc) is 2.48. The van der Waals surface area contributed by atoms with Gasteiger partial charge in [-0.15, -0.1) is 46.4 Å². The van der Waals surface area contributed by atoms with Gasteiger partial charge in [-0.1, -0.05) is 0 Å². The van der Waals surface area contributed by atoms with Gasteiger partial charge in [-0.3, -0.25) is 9.13 Å². The smallest absolute Gasteiger partial charge is 0.756 e. The van der Waals surface area contributed by atoms with Crippen LogP contribution in [0.15, 0.2) is 0 Å². The summed E-state index contributed by atoms with van der Waals surface area (Å²) in [7, 11) is -8.29. The molecule has 23 heavy (non-hydrogen) atoms. The summed E-state index contributed by atoms with van der Waals surface area (Å²) in [6, 6.07) is 0. The molecule has 0 atom stereocenters. The third kappa shape index (κ3) is 23.9. The molecule has 0 aromatic carbocycles. The molecule has 0 aliphatic carbocycles. The summed E-state index contributed by atoms with van der Waals surface area (Å²) < 4.78 is 38.3. The molecule has 0 spiro atoms. The maximum Gasteiger partial charge on any atom is 2.00 e. The minimum atomic E-state index is -4.14. The van der Waals surface area contributed by atoms with Crippen LogP contribution in [0, 0.1) is 0 Å². The molecule has 0 radical (unpaired) electrons. The van der Waals surface area contributed by atoms with Gasteiger partial charge in [0, 0.05) is 23.5 Å². The van der Waals surface area contributed by atoms with E-state index in [-0.39, 0.29) is 66.4 Å². The number of phosphoric acid groups is 2. The Kier molecular flexibility index (Phi) is 24.0. The van der Waals surface area contributed by atoms with Gasteiger partial charge >= 0.3 is 16.5 Å². The average molecular weight is 503 g/mol. The molecule has 0 heterocycles. The molecule has 0 bridgehead atoms. The molecule has 144 valence electrons. The van der Waals surface area contributed by atoms with E-state index in [1.807, 2.05) is 0 Å². The first-order valence-electron chi connectivity index (χ1n) is 5.68. The van der Waals surface area contributed by atoms with Crippen LogP contribution in [0.5, 0.6) is 0 Å². The maximum atomic E-state index is 10.6. The number of alkyl halides is 4. The molecule has 0 aromatic heterocycles. The molecule has 0 amide bonds. The van der Waals surface area contributed by atoms with Crippen molar-refractivity contribution >= 4 is 62.0 Å². The normalized spacial score (nSPS) is 11.4.